The molecule has 100 valence electrons. The molecule has 0 radical (unpaired) electrons. The average molecular weight is 251 g/mol. The SMILES string of the molecule is CN=C(NCCOC)NCCOc1ccccc1. The van der Waals surface area contributed by atoms with E-state index < -0.39 is 0 Å². The van der Waals surface area contributed by atoms with E-state index in [1.165, 1.54) is 0 Å². The van der Waals surface area contributed by atoms with Crippen molar-refractivity contribution in [3.05, 3.63) is 30.3 Å². The molecule has 0 aliphatic rings. The molecule has 0 aliphatic carbocycles. The maximum atomic E-state index is 5.56. The number of ether oxygens (including phenoxy) is 2. The molecule has 1 rings (SSSR count). The van der Waals surface area contributed by atoms with Crippen molar-refractivity contribution >= 4 is 5.96 Å². The molecule has 0 saturated carbocycles. The number of nitrogens with one attached hydrogen (secondary N) is 2. The summed E-state index contributed by atoms with van der Waals surface area (Å²) >= 11 is 0. The van der Waals surface area contributed by atoms with Gasteiger partial charge in [0.2, 0.25) is 0 Å². The molecule has 1 aromatic rings. The topological polar surface area (TPSA) is 54.9 Å². The Morgan fingerprint density at radius 2 is 1.78 bits per heavy atom. The minimum atomic E-state index is 0.592. The lowest BCUT2D eigenvalue weighted by Gasteiger charge is -2.12. The first-order chi connectivity index (χ1) is 8.86. The molecule has 0 aliphatic heterocycles. The number of hydrogen-bond acceptors (Lipinski definition) is 3. The van der Waals surface area contributed by atoms with Crippen molar-refractivity contribution in [1.82, 2.24) is 10.6 Å². The summed E-state index contributed by atoms with van der Waals surface area (Å²) in [4.78, 5) is 4.09. The molecule has 0 aromatic heterocycles. The third-order valence-corrected chi connectivity index (χ3v) is 2.23. The van der Waals surface area contributed by atoms with Crippen LogP contribution < -0.4 is 15.4 Å². The van der Waals surface area contributed by atoms with Gasteiger partial charge in [0.15, 0.2) is 5.96 Å². The predicted molar refractivity (Wildman–Crippen MR) is 73.2 cm³/mol. The lowest BCUT2D eigenvalue weighted by molar-refractivity contribution is 0.203. The fraction of sp³-hybridized carbons (Fsp3) is 0.462. The van der Waals surface area contributed by atoms with Gasteiger partial charge in [0.05, 0.1) is 13.2 Å². The number of methoxy groups -OCH3 is 1. The highest BCUT2D eigenvalue weighted by Crippen LogP contribution is 2.07. The van der Waals surface area contributed by atoms with Crippen molar-refractivity contribution < 1.29 is 9.47 Å². The van der Waals surface area contributed by atoms with Crippen LogP contribution in [0.2, 0.25) is 0 Å². The van der Waals surface area contributed by atoms with Crippen molar-refractivity contribution in [1.29, 1.82) is 0 Å². The maximum absolute atomic E-state index is 5.56. The lowest BCUT2D eigenvalue weighted by Crippen LogP contribution is -2.40. The van der Waals surface area contributed by atoms with Gasteiger partial charge in [-0.3, -0.25) is 4.99 Å². The van der Waals surface area contributed by atoms with Crippen molar-refractivity contribution in [2.24, 2.45) is 4.99 Å². The van der Waals surface area contributed by atoms with Crippen LogP contribution in [0.25, 0.3) is 0 Å². The molecular weight excluding hydrogens is 230 g/mol. The zero-order chi connectivity index (χ0) is 13.1. The Balaban J connectivity index is 2.12. The van der Waals surface area contributed by atoms with E-state index in [0.717, 1.165) is 18.3 Å². The van der Waals surface area contributed by atoms with Gasteiger partial charge in [0.1, 0.15) is 12.4 Å². The van der Waals surface area contributed by atoms with Gasteiger partial charge in [-0.25, -0.2) is 0 Å². The third-order valence-electron chi connectivity index (χ3n) is 2.23. The van der Waals surface area contributed by atoms with Gasteiger partial charge in [-0.15, -0.1) is 0 Å². The molecule has 0 spiro atoms. The summed E-state index contributed by atoms with van der Waals surface area (Å²) in [7, 11) is 3.41. The van der Waals surface area contributed by atoms with E-state index >= 15 is 0 Å². The molecule has 0 saturated heterocycles. The Morgan fingerprint density at radius 1 is 1.11 bits per heavy atom. The largest absolute Gasteiger partial charge is 0.492 e. The predicted octanol–water partition coefficient (Wildman–Crippen LogP) is 0.877. The van der Waals surface area contributed by atoms with Crippen LogP contribution in [-0.2, 0) is 4.74 Å². The molecule has 0 heterocycles. The summed E-state index contributed by atoms with van der Waals surface area (Å²) in [5.74, 6) is 1.63. The van der Waals surface area contributed by atoms with Crippen LogP contribution in [0.15, 0.2) is 35.3 Å². The summed E-state index contributed by atoms with van der Waals surface area (Å²) < 4.78 is 10.5. The van der Waals surface area contributed by atoms with E-state index in [1.54, 1.807) is 14.2 Å². The fourth-order valence-electron chi connectivity index (χ4n) is 1.35. The molecular formula is C13H21N3O2. The smallest absolute Gasteiger partial charge is 0.191 e. The van der Waals surface area contributed by atoms with Crippen LogP contribution in [0.3, 0.4) is 0 Å². The van der Waals surface area contributed by atoms with E-state index in [0.29, 0.717) is 19.8 Å². The molecule has 18 heavy (non-hydrogen) atoms. The summed E-state index contributed by atoms with van der Waals surface area (Å²) in [6.45, 7) is 2.67. The van der Waals surface area contributed by atoms with Crippen molar-refractivity contribution in [3.63, 3.8) is 0 Å². The summed E-state index contributed by atoms with van der Waals surface area (Å²) in [6, 6.07) is 9.74. The van der Waals surface area contributed by atoms with E-state index in [-0.39, 0.29) is 0 Å². The van der Waals surface area contributed by atoms with Crippen molar-refractivity contribution in [2.45, 2.75) is 0 Å². The van der Waals surface area contributed by atoms with Crippen LogP contribution in [0.4, 0.5) is 0 Å². The number of guanidine groups is 1. The average Bonchev–Trinajstić information content (AvgIpc) is 2.43. The third kappa shape index (κ3) is 6.10. The molecule has 0 fully saturated rings. The Bertz CT molecular complexity index is 341. The molecule has 2 N–H and O–H groups in total. The number of nitrogens with zero attached hydrogens (tertiary/aromatic N) is 1. The van der Waals surface area contributed by atoms with Gasteiger partial charge in [-0.05, 0) is 12.1 Å². The molecule has 5 heteroatoms. The summed E-state index contributed by atoms with van der Waals surface area (Å²) in [5, 5.41) is 6.28. The molecule has 5 nitrogen and oxygen atoms in total. The van der Waals surface area contributed by atoms with Gasteiger partial charge in [0.25, 0.3) is 0 Å². The van der Waals surface area contributed by atoms with Crippen molar-refractivity contribution in [3.8, 4) is 5.75 Å². The molecule has 0 bridgehead atoms. The fourth-order valence-corrected chi connectivity index (χ4v) is 1.35. The highest BCUT2D eigenvalue weighted by molar-refractivity contribution is 5.79. The van der Waals surface area contributed by atoms with E-state index in [2.05, 4.69) is 15.6 Å². The van der Waals surface area contributed by atoms with Gasteiger partial charge in [-0.1, -0.05) is 18.2 Å². The second-order valence-electron chi connectivity index (χ2n) is 3.58. The molecule has 1 aromatic carbocycles. The lowest BCUT2D eigenvalue weighted by atomic mass is 10.3. The monoisotopic (exact) mass is 251 g/mol. The standard InChI is InChI=1S/C13H21N3O2/c1-14-13(15-8-10-17-2)16-9-11-18-12-6-4-3-5-7-12/h3-7H,8-11H2,1-2H3,(H2,14,15,16). The van der Waals surface area contributed by atoms with Crippen LogP contribution in [0.1, 0.15) is 0 Å². The Labute approximate surface area is 108 Å². The summed E-state index contributed by atoms with van der Waals surface area (Å²) in [5.41, 5.74) is 0. The number of para-hydroxylation sites is 1. The Hall–Kier alpha value is -1.75. The van der Waals surface area contributed by atoms with E-state index in [9.17, 15) is 0 Å². The summed E-state index contributed by atoms with van der Waals surface area (Å²) in [6.07, 6.45) is 0. The van der Waals surface area contributed by atoms with Gasteiger partial charge < -0.3 is 20.1 Å². The first-order valence-corrected chi connectivity index (χ1v) is 5.98. The minimum Gasteiger partial charge on any atom is -0.492 e. The highest BCUT2D eigenvalue weighted by Gasteiger charge is 1.96. The highest BCUT2D eigenvalue weighted by atomic mass is 16.5. The first kappa shape index (κ1) is 14.3. The number of benzene rings is 1. The number of hydrogen-bond donors (Lipinski definition) is 2. The first-order valence-electron chi connectivity index (χ1n) is 5.98. The van der Waals surface area contributed by atoms with Gasteiger partial charge >= 0.3 is 0 Å². The van der Waals surface area contributed by atoms with Gasteiger partial charge in [0, 0.05) is 20.7 Å². The van der Waals surface area contributed by atoms with Crippen LogP contribution in [0, 0.1) is 0 Å². The van der Waals surface area contributed by atoms with E-state index in [1.807, 2.05) is 30.3 Å². The van der Waals surface area contributed by atoms with Crippen LogP contribution in [-0.4, -0.2) is 46.4 Å². The normalized spacial score (nSPS) is 11.1. The molecule has 0 atom stereocenters. The van der Waals surface area contributed by atoms with Gasteiger partial charge in [-0.2, -0.15) is 0 Å². The zero-order valence-electron chi connectivity index (χ0n) is 11.0. The number of rotatable bonds is 7. The number of aliphatic imine (C=N–C) groups is 1. The Kier molecular flexibility index (Phi) is 7.39. The maximum Gasteiger partial charge on any atom is 0.191 e. The minimum absolute atomic E-state index is 0.592. The van der Waals surface area contributed by atoms with Crippen LogP contribution >= 0.6 is 0 Å². The zero-order valence-corrected chi connectivity index (χ0v) is 11.0. The molecule has 0 amide bonds. The quantitative estimate of drug-likeness (QED) is 0.429. The second-order valence-corrected chi connectivity index (χ2v) is 3.58. The second kappa shape index (κ2) is 9.30. The molecule has 0 unspecified atom stereocenters. The Morgan fingerprint density at radius 3 is 2.39 bits per heavy atom. The van der Waals surface area contributed by atoms with Crippen molar-refractivity contribution in [2.75, 3.05) is 40.5 Å². The van der Waals surface area contributed by atoms with Crippen LogP contribution in [0.5, 0.6) is 5.75 Å². The van der Waals surface area contributed by atoms with E-state index in [4.69, 9.17) is 9.47 Å².